The predicted octanol–water partition coefficient (Wildman–Crippen LogP) is 3.25. The van der Waals surface area contributed by atoms with Gasteiger partial charge in [0.05, 0.1) is 6.61 Å². The fraction of sp³-hybridized carbons (Fsp3) is 0.818. The molecule has 0 N–H and O–H groups in total. The minimum atomic E-state index is 0.557. The Labute approximate surface area is 85.9 Å². The van der Waals surface area contributed by atoms with Gasteiger partial charge in [-0.2, -0.15) is 0 Å². The van der Waals surface area contributed by atoms with E-state index in [-0.39, 0.29) is 0 Å². The van der Waals surface area contributed by atoms with Gasteiger partial charge in [-0.1, -0.05) is 11.6 Å². The molecule has 76 valence electrons. The van der Waals surface area contributed by atoms with Gasteiger partial charge in [0.15, 0.2) is 0 Å². The van der Waals surface area contributed by atoms with Crippen LogP contribution in [0.25, 0.3) is 0 Å². The van der Waals surface area contributed by atoms with Gasteiger partial charge in [-0.15, -0.1) is 11.8 Å². The van der Waals surface area contributed by atoms with E-state index in [1.54, 1.807) is 7.11 Å². The highest BCUT2D eigenvalue weighted by Gasteiger charge is 2.45. The van der Waals surface area contributed by atoms with Crippen LogP contribution in [0.5, 0.6) is 0 Å². The van der Waals surface area contributed by atoms with Gasteiger partial charge in [-0.25, -0.2) is 0 Å². The summed E-state index contributed by atoms with van der Waals surface area (Å²) in [5, 5.41) is 0.887. The topological polar surface area (TPSA) is 9.23 Å². The van der Waals surface area contributed by atoms with E-state index in [0.717, 1.165) is 11.9 Å². The highest BCUT2D eigenvalue weighted by molar-refractivity contribution is 8.08. The van der Waals surface area contributed by atoms with Crippen LogP contribution in [0.3, 0.4) is 0 Å². The largest absolute Gasteiger partial charge is 0.381 e. The number of ether oxygens (including phenoxy) is 1. The molecule has 0 saturated carbocycles. The number of hydrogen-bond donors (Lipinski definition) is 0. The zero-order valence-corrected chi connectivity index (χ0v) is 9.91. The molecule has 0 aliphatic carbocycles. The van der Waals surface area contributed by atoms with Gasteiger partial charge in [0.1, 0.15) is 0 Å². The Bertz CT molecular complexity index is 196. The van der Waals surface area contributed by atoms with E-state index in [0.29, 0.717) is 4.75 Å². The molecule has 13 heavy (non-hydrogen) atoms. The summed E-state index contributed by atoms with van der Waals surface area (Å²) in [7, 11) is 1.74. The van der Waals surface area contributed by atoms with Crippen LogP contribution in [-0.2, 0) is 4.74 Å². The number of allylic oxidation sites excluding steroid dienone is 1. The predicted molar refractivity (Wildman–Crippen MR) is 60.3 cm³/mol. The number of methoxy groups -OCH3 is 1. The van der Waals surface area contributed by atoms with E-state index >= 15 is 0 Å². The first-order chi connectivity index (χ1) is 6.06. The van der Waals surface area contributed by atoms with Crippen molar-refractivity contribution in [3.05, 3.63) is 11.6 Å². The first-order valence-electron chi connectivity index (χ1n) is 4.88. The second kappa shape index (κ2) is 4.52. The molecule has 1 heterocycles. The van der Waals surface area contributed by atoms with Crippen molar-refractivity contribution < 1.29 is 4.74 Å². The molecule has 0 aromatic rings. The normalized spacial score (nSPS) is 26.2. The first kappa shape index (κ1) is 11.1. The third-order valence-electron chi connectivity index (χ3n) is 2.56. The molecule has 0 amide bonds. The van der Waals surface area contributed by atoms with Crippen molar-refractivity contribution in [3.8, 4) is 0 Å². The SMILES string of the molecule is COCC=C(C)CCC1SC1(C)C. The smallest absolute Gasteiger partial charge is 0.0646 e. The van der Waals surface area contributed by atoms with E-state index in [1.807, 2.05) is 0 Å². The lowest BCUT2D eigenvalue weighted by atomic mass is 10.0. The van der Waals surface area contributed by atoms with E-state index in [1.165, 1.54) is 18.4 Å². The van der Waals surface area contributed by atoms with Gasteiger partial charge in [0, 0.05) is 17.1 Å². The monoisotopic (exact) mass is 200 g/mol. The quantitative estimate of drug-likeness (QED) is 0.497. The van der Waals surface area contributed by atoms with Crippen LogP contribution in [-0.4, -0.2) is 23.7 Å². The molecule has 1 fully saturated rings. The summed E-state index contributed by atoms with van der Waals surface area (Å²) in [4.78, 5) is 0. The zero-order valence-electron chi connectivity index (χ0n) is 9.09. The zero-order chi connectivity index (χ0) is 9.90. The van der Waals surface area contributed by atoms with Gasteiger partial charge < -0.3 is 4.74 Å². The lowest BCUT2D eigenvalue weighted by Gasteiger charge is -2.01. The maximum Gasteiger partial charge on any atom is 0.0646 e. The van der Waals surface area contributed by atoms with Crippen molar-refractivity contribution in [3.63, 3.8) is 0 Å². The molecule has 1 aliphatic heterocycles. The van der Waals surface area contributed by atoms with E-state index in [4.69, 9.17) is 4.74 Å². The number of thioether (sulfide) groups is 1. The standard InChI is InChI=1S/C11H20OS/c1-9(7-8-12-4)5-6-10-11(2,3)13-10/h7,10H,5-6,8H2,1-4H3. The maximum atomic E-state index is 4.99. The molecule has 0 bridgehead atoms. The van der Waals surface area contributed by atoms with Crippen LogP contribution in [0, 0.1) is 0 Å². The lowest BCUT2D eigenvalue weighted by Crippen LogP contribution is -2.02. The molecule has 0 aromatic heterocycles. The van der Waals surface area contributed by atoms with Gasteiger partial charge in [-0.3, -0.25) is 0 Å². The van der Waals surface area contributed by atoms with E-state index < -0.39 is 0 Å². The van der Waals surface area contributed by atoms with Crippen LogP contribution in [0.4, 0.5) is 0 Å². The minimum absolute atomic E-state index is 0.557. The summed E-state index contributed by atoms with van der Waals surface area (Å²) >= 11 is 2.10. The number of rotatable bonds is 5. The summed E-state index contributed by atoms with van der Waals surface area (Å²) in [6, 6.07) is 0. The summed E-state index contributed by atoms with van der Waals surface area (Å²) < 4.78 is 5.55. The summed E-state index contributed by atoms with van der Waals surface area (Å²) in [5.74, 6) is 0. The third kappa shape index (κ3) is 3.74. The molecule has 2 heteroatoms. The van der Waals surface area contributed by atoms with E-state index in [2.05, 4.69) is 38.6 Å². The van der Waals surface area contributed by atoms with Gasteiger partial charge >= 0.3 is 0 Å². The summed E-state index contributed by atoms with van der Waals surface area (Å²) in [6.07, 6.45) is 4.73. The van der Waals surface area contributed by atoms with Crippen LogP contribution >= 0.6 is 11.8 Å². The Hall–Kier alpha value is 0.0500. The van der Waals surface area contributed by atoms with Crippen LogP contribution in [0.1, 0.15) is 33.6 Å². The Morgan fingerprint density at radius 3 is 2.62 bits per heavy atom. The molecule has 1 nitrogen and oxygen atoms in total. The average Bonchev–Trinajstić information content (AvgIpc) is 2.67. The molecule has 0 spiro atoms. The van der Waals surface area contributed by atoms with Crippen molar-refractivity contribution >= 4 is 11.8 Å². The van der Waals surface area contributed by atoms with Crippen LogP contribution in [0.2, 0.25) is 0 Å². The average molecular weight is 200 g/mol. The fourth-order valence-electron chi connectivity index (χ4n) is 1.43. The van der Waals surface area contributed by atoms with Crippen molar-refractivity contribution in [1.82, 2.24) is 0 Å². The molecule has 0 radical (unpaired) electrons. The fourth-order valence-corrected chi connectivity index (χ4v) is 2.44. The number of hydrogen-bond acceptors (Lipinski definition) is 2. The molecule has 1 atom stereocenters. The maximum absolute atomic E-state index is 4.99. The second-order valence-corrected chi connectivity index (χ2v) is 6.11. The van der Waals surface area contributed by atoms with Crippen LogP contribution in [0.15, 0.2) is 11.6 Å². The molecule has 1 saturated heterocycles. The van der Waals surface area contributed by atoms with Gasteiger partial charge in [0.2, 0.25) is 0 Å². The lowest BCUT2D eigenvalue weighted by molar-refractivity contribution is 0.233. The molecular weight excluding hydrogens is 180 g/mol. The summed E-state index contributed by atoms with van der Waals surface area (Å²) in [6.45, 7) is 7.61. The highest BCUT2D eigenvalue weighted by atomic mass is 32.2. The van der Waals surface area contributed by atoms with Crippen molar-refractivity contribution in [1.29, 1.82) is 0 Å². The molecule has 1 aliphatic rings. The van der Waals surface area contributed by atoms with E-state index in [9.17, 15) is 0 Å². The van der Waals surface area contributed by atoms with Crippen molar-refractivity contribution in [2.45, 2.75) is 43.6 Å². The Morgan fingerprint density at radius 1 is 1.54 bits per heavy atom. The molecule has 0 aromatic carbocycles. The molecule has 1 unspecified atom stereocenters. The molecule has 1 rings (SSSR count). The van der Waals surface area contributed by atoms with Crippen molar-refractivity contribution in [2.24, 2.45) is 0 Å². The first-order valence-corrected chi connectivity index (χ1v) is 5.76. The Morgan fingerprint density at radius 2 is 2.15 bits per heavy atom. The highest BCUT2D eigenvalue weighted by Crippen LogP contribution is 2.55. The van der Waals surface area contributed by atoms with Gasteiger partial charge in [-0.05, 0) is 33.6 Å². The van der Waals surface area contributed by atoms with Crippen LogP contribution < -0.4 is 0 Å². The Kier molecular flexibility index (Phi) is 3.87. The summed E-state index contributed by atoms with van der Waals surface area (Å²) in [5.41, 5.74) is 1.46. The van der Waals surface area contributed by atoms with Crippen molar-refractivity contribution in [2.75, 3.05) is 13.7 Å². The molecular formula is C11H20OS. The third-order valence-corrected chi connectivity index (χ3v) is 4.31. The van der Waals surface area contributed by atoms with Gasteiger partial charge in [0.25, 0.3) is 0 Å². The second-order valence-electron chi connectivity index (χ2n) is 4.25. The Balaban J connectivity index is 2.13. The minimum Gasteiger partial charge on any atom is -0.381 e.